The van der Waals surface area contributed by atoms with Crippen LogP contribution in [0, 0.1) is 18.8 Å². The number of aromatic nitrogens is 1. The van der Waals surface area contributed by atoms with Gasteiger partial charge in [0, 0.05) is 95.2 Å². The first-order valence-electron chi connectivity index (χ1n) is 30.5. The first-order chi connectivity index (χ1) is 42.7. The smallest absolute Gasteiger partial charge is 0.337 e. The minimum Gasteiger partial charge on any atom is -0.465 e. The van der Waals surface area contributed by atoms with Crippen LogP contribution in [0.3, 0.4) is 0 Å². The fourth-order valence-corrected chi connectivity index (χ4v) is 10.5. The standard InChI is InChI=1S/C25H29NO.C24H25NO2.C14H20ClN2O.C14H15NS.CH4/c1-3-4-17-26(19-22-9-6-5-7-10-22)20-23-11-8-12-25(18-23)27-24-15-13-21(2)14-16-24;1-27-24(26)23-14-12-22(13-15-23)19-25(18-21-10-6-3-7-11-21)17-16-20-8-4-2-5-9-20;1-5-17(9-11(2)3)10-12-8-13(16(4)18)6-7-14(12)15;1-12-5-7-14(8-6-12)16-11-9-13-4-2-3-10-15-13;/h5-16,18H,3-4,17,19-20H2,1-2H3;2-15H,16-19H2,1H3;6-8H,2,5,9-10H2,1,3-4H3;2-8,10H,9,11H2,1H3;1H4/q;;+1;;. The van der Waals surface area contributed by atoms with Crippen molar-refractivity contribution >= 4 is 35.0 Å². The third-order valence-corrected chi connectivity index (χ3v) is 15.7. The molecule has 0 aliphatic heterocycles. The van der Waals surface area contributed by atoms with Crippen LogP contribution in [0.15, 0.2) is 248 Å². The van der Waals surface area contributed by atoms with E-state index in [4.69, 9.17) is 21.1 Å². The SMILES string of the molecule is C.C=C(C)CN(CC)Cc1cc([N+](C)=O)ccc1Cl.CCCCN(Cc1ccccc1)Cc1cccc(Oc2ccc(C)cc2)c1.COC(=O)c1ccc(CN(CCc2ccccc2)Cc2ccccc2)cc1.Cc1ccc(SCCc2ccccn2)cc1. The van der Waals surface area contributed by atoms with Gasteiger partial charge < -0.3 is 9.47 Å². The summed E-state index contributed by atoms with van der Waals surface area (Å²) in [4.78, 5) is 35.7. The minimum absolute atomic E-state index is 0. The molecule has 1 aromatic heterocycles. The van der Waals surface area contributed by atoms with E-state index in [9.17, 15) is 9.70 Å². The van der Waals surface area contributed by atoms with Gasteiger partial charge in [-0.1, -0.05) is 208 Å². The number of hydrogen-bond donors (Lipinski definition) is 0. The topological polar surface area (TPSA) is 78.2 Å². The van der Waals surface area contributed by atoms with Crippen molar-refractivity contribution in [2.24, 2.45) is 0 Å². The number of pyridine rings is 1. The zero-order valence-electron chi connectivity index (χ0n) is 52.7. The van der Waals surface area contributed by atoms with Gasteiger partial charge >= 0.3 is 5.97 Å². The molecule has 89 heavy (non-hydrogen) atoms. The van der Waals surface area contributed by atoms with Gasteiger partial charge in [0.25, 0.3) is 5.69 Å². The van der Waals surface area contributed by atoms with E-state index in [1.165, 1.54) is 76.5 Å². The van der Waals surface area contributed by atoms with E-state index in [1.54, 1.807) is 12.1 Å². The Balaban J connectivity index is 0.000000220. The van der Waals surface area contributed by atoms with Gasteiger partial charge in [-0.05, 0) is 153 Å². The summed E-state index contributed by atoms with van der Waals surface area (Å²) in [6.07, 6.45) is 6.31. The number of carbonyl (C=O) groups excluding carboxylic acids is 1. The summed E-state index contributed by atoms with van der Waals surface area (Å²) in [6, 6.07) is 76.2. The molecule has 0 N–H and O–H groups in total. The van der Waals surface area contributed by atoms with Crippen LogP contribution in [-0.2, 0) is 50.3 Å². The number of methoxy groups -OCH3 is 1. The van der Waals surface area contributed by atoms with Crippen LogP contribution in [0.5, 0.6) is 11.5 Å². The molecule has 9 rings (SSSR count). The molecule has 0 spiro atoms. The quantitative estimate of drug-likeness (QED) is 0.0216. The summed E-state index contributed by atoms with van der Waals surface area (Å²) in [5.41, 5.74) is 13.5. The number of hydrogen-bond acceptors (Lipinski definition) is 9. The van der Waals surface area contributed by atoms with Crippen LogP contribution in [0.1, 0.15) is 102 Å². The molecule has 8 aromatic carbocycles. The van der Waals surface area contributed by atoms with Crippen molar-refractivity contribution < 1.29 is 19.0 Å². The Bertz CT molecular complexity index is 3430. The molecule has 466 valence electrons. The van der Waals surface area contributed by atoms with Gasteiger partial charge in [0.1, 0.15) is 11.5 Å². The second-order valence-electron chi connectivity index (χ2n) is 22.0. The lowest BCUT2D eigenvalue weighted by Gasteiger charge is -2.23. The molecule has 9 aromatic rings. The Morgan fingerprint density at radius 2 is 1.13 bits per heavy atom. The number of benzene rings is 8. The zero-order chi connectivity index (χ0) is 62.7. The summed E-state index contributed by atoms with van der Waals surface area (Å²) >= 11 is 8.05. The van der Waals surface area contributed by atoms with Crippen LogP contribution in [0.4, 0.5) is 5.69 Å². The molecular weight excluding hydrogens is 1140 g/mol. The number of esters is 1. The predicted octanol–water partition coefficient (Wildman–Crippen LogP) is 19.4. The zero-order valence-corrected chi connectivity index (χ0v) is 54.3. The lowest BCUT2D eigenvalue weighted by atomic mass is 10.1. The van der Waals surface area contributed by atoms with E-state index in [2.05, 4.69) is 193 Å². The van der Waals surface area contributed by atoms with Crippen molar-refractivity contribution in [2.45, 2.75) is 105 Å². The van der Waals surface area contributed by atoms with Crippen molar-refractivity contribution in [1.29, 1.82) is 0 Å². The summed E-state index contributed by atoms with van der Waals surface area (Å²) in [5.74, 6) is 2.56. The molecule has 11 heteroatoms. The molecule has 0 fully saturated rings. The highest BCUT2D eigenvalue weighted by molar-refractivity contribution is 7.99. The highest BCUT2D eigenvalue weighted by Crippen LogP contribution is 2.26. The van der Waals surface area contributed by atoms with E-state index < -0.39 is 0 Å². The molecular formula is C78H93ClN5O4S+. The Morgan fingerprint density at radius 3 is 1.69 bits per heavy atom. The predicted molar refractivity (Wildman–Crippen MR) is 375 cm³/mol. The molecule has 0 saturated heterocycles. The molecule has 0 radical (unpaired) electrons. The lowest BCUT2D eigenvalue weighted by Crippen LogP contribution is -2.25. The van der Waals surface area contributed by atoms with Gasteiger partial charge in [-0.15, -0.1) is 11.8 Å². The van der Waals surface area contributed by atoms with Crippen molar-refractivity contribution in [2.75, 3.05) is 46.1 Å². The van der Waals surface area contributed by atoms with Gasteiger partial charge in [-0.25, -0.2) is 4.79 Å². The van der Waals surface area contributed by atoms with Crippen LogP contribution in [0.25, 0.3) is 0 Å². The number of nitroso groups, excluding NO2 is 1. The maximum Gasteiger partial charge on any atom is 0.337 e. The normalized spacial score (nSPS) is 10.6. The Labute approximate surface area is 542 Å². The highest BCUT2D eigenvalue weighted by Gasteiger charge is 2.15. The Morgan fingerprint density at radius 1 is 0.584 bits per heavy atom. The molecule has 0 amide bonds. The van der Waals surface area contributed by atoms with Crippen LogP contribution in [0.2, 0.25) is 5.02 Å². The fraction of sp³-hybridized carbons (Fsp3) is 0.282. The Hall–Kier alpha value is -7.96. The van der Waals surface area contributed by atoms with E-state index in [0.717, 1.165) is 105 Å². The van der Waals surface area contributed by atoms with Crippen molar-refractivity contribution in [3.8, 4) is 11.5 Å². The molecule has 0 aliphatic rings. The van der Waals surface area contributed by atoms with Crippen molar-refractivity contribution in [1.82, 2.24) is 19.7 Å². The number of thioether (sulfide) groups is 1. The summed E-state index contributed by atoms with van der Waals surface area (Å²) in [7, 11) is 2.89. The molecule has 0 bridgehead atoms. The van der Waals surface area contributed by atoms with E-state index in [0.29, 0.717) is 16.3 Å². The number of rotatable bonds is 27. The Kier molecular flexibility index (Phi) is 32.7. The fourth-order valence-electron chi connectivity index (χ4n) is 9.49. The van der Waals surface area contributed by atoms with Gasteiger partial charge in [0.05, 0.1) is 12.7 Å². The maximum atomic E-state index is 11.6. The largest absolute Gasteiger partial charge is 0.465 e. The number of ether oxygens (including phenoxy) is 2. The minimum atomic E-state index is -0.299. The first-order valence-corrected chi connectivity index (χ1v) is 31.8. The first kappa shape index (κ1) is 71.8. The highest BCUT2D eigenvalue weighted by atomic mass is 35.5. The number of aryl methyl sites for hydroxylation is 3. The summed E-state index contributed by atoms with van der Waals surface area (Å²) < 4.78 is 11.7. The average molecular weight is 1230 g/mol. The molecule has 0 atom stereocenters. The molecule has 1 heterocycles. The van der Waals surface area contributed by atoms with Gasteiger partial charge in [0.2, 0.25) is 0 Å². The van der Waals surface area contributed by atoms with E-state index in [-0.39, 0.29) is 13.4 Å². The molecule has 0 aliphatic carbocycles. The van der Waals surface area contributed by atoms with Crippen molar-refractivity contribution in [3.05, 3.63) is 308 Å². The lowest BCUT2D eigenvalue weighted by molar-refractivity contribution is -0.428. The monoisotopic (exact) mass is 1230 g/mol. The van der Waals surface area contributed by atoms with Gasteiger partial charge in [-0.2, -0.15) is 0 Å². The van der Waals surface area contributed by atoms with Crippen LogP contribution in [-0.4, -0.2) is 76.5 Å². The second kappa shape index (κ2) is 40.6. The molecule has 0 unspecified atom stereocenters. The van der Waals surface area contributed by atoms with Gasteiger partial charge in [0.15, 0.2) is 7.05 Å². The van der Waals surface area contributed by atoms with E-state index in [1.807, 2.05) is 97.7 Å². The summed E-state index contributed by atoms with van der Waals surface area (Å²) in [5, 5.41) is 0.695. The third kappa shape index (κ3) is 28.0. The maximum absolute atomic E-state index is 11.6. The third-order valence-electron chi connectivity index (χ3n) is 14.3. The number of carbonyl (C=O) groups is 1. The van der Waals surface area contributed by atoms with E-state index >= 15 is 0 Å². The number of likely N-dealkylation sites (N-methyl/N-ethyl adjacent to an activating group) is 1. The van der Waals surface area contributed by atoms with Crippen molar-refractivity contribution in [3.63, 3.8) is 0 Å². The summed E-state index contributed by atoms with van der Waals surface area (Å²) in [6.45, 7) is 22.7. The molecule has 9 nitrogen and oxygen atoms in total. The van der Waals surface area contributed by atoms with Crippen LogP contribution < -0.4 is 4.74 Å². The number of unbranched alkanes of at least 4 members (excludes halogenated alkanes) is 1. The number of halogens is 1. The second-order valence-corrected chi connectivity index (χ2v) is 23.6. The van der Waals surface area contributed by atoms with Crippen LogP contribution >= 0.6 is 23.4 Å². The number of nitrogens with zero attached hydrogens (tertiary/aromatic N) is 5. The van der Waals surface area contributed by atoms with Gasteiger partial charge in [-0.3, -0.25) is 19.7 Å². The average Bonchev–Trinajstić information content (AvgIpc) is 3.61. The molecule has 0 saturated carbocycles.